The molecule has 0 heterocycles. The molecule has 2 heteroatoms. The lowest BCUT2D eigenvalue weighted by Crippen LogP contribution is -2.24. The third-order valence-electron chi connectivity index (χ3n) is 4.14. The van der Waals surface area contributed by atoms with Gasteiger partial charge in [0.25, 0.3) is 0 Å². The van der Waals surface area contributed by atoms with Gasteiger partial charge in [0, 0.05) is 16.8 Å². The second kappa shape index (κ2) is 6.51. The molecule has 1 nitrogen and oxygen atoms in total. The van der Waals surface area contributed by atoms with Gasteiger partial charge in [-0.05, 0) is 30.4 Å². The number of benzene rings is 1. The van der Waals surface area contributed by atoms with Crippen molar-refractivity contribution in [2.75, 3.05) is 0 Å². The highest BCUT2D eigenvalue weighted by Crippen LogP contribution is 2.32. The van der Waals surface area contributed by atoms with Gasteiger partial charge in [-0.15, -0.1) is 0 Å². The third kappa shape index (κ3) is 3.44. The van der Waals surface area contributed by atoms with Crippen LogP contribution in [0.2, 0.25) is 0 Å². The quantitative estimate of drug-likeness (QED) is 0.782. The Morgan fingerprint density at radius 3 is 2.83 bits per heavy atom. The van der Waals surface area contributed by atoms with E-state index in [1.165, 1.54) is 19.3 Å². The molecule has 2 atom stereocenters. The Morgan fingerprint density at radius 1 is 1.33 bits per heavy atom. The van der Waals surface area contributed by atoms with Crippen LogP contribution in [0.4, 0.5) is 0 Å². The van der Waals surface area contributed by atoms with Gasteiger partial charge >= 0.3 is 0 Å². The highest BCUT2D eigenvalue weighted by atomic mass is 79.9. The van der Waals surface area contributed by atoms with E-state index in [0.29, 0.717) is 18.1 Å². The van der Waals surface area contributed by atoms with Crippen LogP contribution in [-0.4, -0.2) is 5.78 Å². The molecule has 1 fully saturated rings. The van der Waals surface area contributed by atoms with Gasteiger partial charge in [0.15, 0.2) is 0 Å². The molecule has 0 N–H and O–H groups in total. The minimum atomic E-state index is 0.302. The molecule has 1 aromatic carbocycles. The molecule has 0 aliphatic heterocycles. The lowest BCUT2D eigenvalue weighted by molar-refractivity contribution is -0.123. The molecule has 0 radical (unpaired) electrons. The van der Waals surface area contributed by atoms with Crippen LogP contribution in [0.25, 0.3) is 0 Å². The number of carbonyl (C=O) groups is 1. The Hall–Kier alpha value is -0.630. The Morgan fingerprint density at radius 2 is 2.11 bits per heavy atom. The minimum Gasteiger partial charge on any atom is -0.299 e. The molecule has 1 aromatic rings. The van der Waals surface area contributed by atoms with E-state index in [2.05, 4.69) is 22.9 Å². The maximum absolute atomic E-state index is 12.4. The van der Waals surface area contributed by atoms with Crippen LogP contribution >= 0.6 is 15.9 Å². The van der Waals surface area contributed by atoms with Gasteiger partial charge in [0.05, 0.1) is 0 Å². The first kappa shape index (κ1) is 13.8. The van der Waals surface area contributed by atoms with E-state index in [1.54, 1.807) is 0 Å². The number of halogens is 1. The number of rotatable bonds is 4. The summed E-state index contributed by atoms with van der Waals surface area (Å²) in [6.07, 6.45) is 6.56. The van der Waals surface area contributed by atoms with Gasteiger partial charge < -0.3 is 0 Å². The van der Waals surface area contributed by atoms with E-state index in [1.807, 2.05) is 24.3 Å². The topological polar surface area (TPSA) is 17.1 Å². The smallest absolute Gasteiger partial charge is 0.140 e. The third-order valence-corrected chi connectivity index (χ3v) is 4.91. The van der Waals surface area contributed by atoms with Crippen LogP contribution in [0.1, 0.15) is 44.6 Å². The van der Waals surface area contributed by atoms with Gasteiger partial charge in [-0.2, -0.15) is 0 Å². The molecule has 0 amide bonds. The molecule has 1 aliphatic carbocycles. The number of hydrogen-bond acceptors (Lipinski definition) is 1. The van der Waals surface area contributed by atoms with Crippen molar-refractivity contribution in [1.82, 2.24) is 0 Å². The van der Waals surface area contributed by atoms with Gasteiger partial charge in [0.2, 0.25) is 0 Å². The molecule has 0 saturated heterocycles. The summed E-state index contributed by atoms with van der Waals surface area (Å²) in [6, 6.07) is 8.05. The average molecular weight is 309 g/mol. The maximum atomic E-state index is 12.4. The number of hydrogen-bond donors (Lipinski definition) is 0. The fourth-order valence-corrected chi connectivity index (χ4v) is 3.35. The number of ketones is 1. The Bertz CT molecular complexity index is 413. The van der Waals surface area contributed by atoms with Crippen molar-refractivity contribution in [2.45, 2.75) is 45.4 Å². The van der Waals surface area contributed by atoms with E-state index >= 15 is 0 Å². The van der Waals surface area contributed by atoms with Crippen molar-refractivity contribution < 1.29 is 4.79 Å². The van der Waals surface area contributed by atoms with Crippen molar-refractivity contribution in [3.8, 4) is 0 Å². The molecule has 0 aromatic heterocycles. The zero-order valence-electron chi connectivity index (χ0n) is 11.0. The maximum Gasteiger partial charge on any atom is 0.140 e. The predicted octanol–water partition coefficient (Wildman–Crippen LogP) is 4.78. The van der Waals surface area contributed by atoms with E-state index in [-0.39, 0.29) is 0 Å². The van der Waals surface area contributed by atoms with Gasteiger partial charge in [-0.3, -0.25) is 4.79 Å². The van der Waals surface area contributed by atoms with Crippen LogP contribution in [-0.2, 0) is 11.2 Å². The van der Waals surface area contributed by atoms with Crippen LogP contribution in [0.5, 0.6) is 0 Å². The zero-order valence-corrected chi connectivity index (χ0v) is 12.6. The molecule has 1 saturated carbocycles. The first-order valence-electron chi connectivity index (χ1n) is 6.96. The summed E-state index contributed by atoms with van der Waals surface area (Å²) in [4.78, 5) is 12.4. The van der Waals surface area contributed by atoms with Crippen LogP contribution < -0.4 is 0 Å². The lowest BCUT2D eigenvalue weighted by Gasteiger charge is -2.27. The largest absolute Gasteiger partial charge is 0.299 e. The number of Topliss-reactive ketones (excluding diaryl/α,β-unsaturated/α-hetero) is 1. The molecule has 1 aliphatic rings. The van der Waals surface area contributed by atoms with Crippen molar-refractivity contribution in [3.63, 3.8) is 0 Å². The summed E-state index contributed by atoms with van der Waals surface area (Å²) in [7, 11) is 0. The first-order valence-corrected chi connectivity index (χ1v) is 7.76. The van der Waals surface area contributed by atoms with Crippen molar-refractivity contribution in [3.05, 3.63) is 34.3 Å². The summed E-state index contributed by atoms with van der Waals surface area (Å²) in [5, 5.41) is 0. The molecular formula is C16H21BrO. The Balaban J connectivity index is 1.97. The monoisotopic (exact) mass is 308 g/mol. The summed E-state index contributed by atoms with van der Waals surface area (Å²) in [5.41, 5.74) is 1.13. The molecular weight excluding hydrogens is 288 g/mol. The van der Waals surface area contributed by atoms with Gasteiger partial charge in [0.1, 0.15) is 5.78 Å². The van der Waals surface area contributed by atoms with Crippen LogP contribution in [0, 0.1) is 11.8 Å². The highest BCUT2D eigenvalue weighted by Gasteiger charge is 2.26. The van der Waals surface area contributed by atoms with Gasteiger partial charge in [-0.1, -0.05) is 60.3 Å². The molecule has 0 bridgehead atoms. The van der Waals surface area contributed by atoms with Crippen molar-refractivity contribution in [1.29, 1.82) is 0 Å². The summed E-state index contributed by atoms with van der Waals surface area (Å²) >= 11 is 3.52. The fourth-order valence-electron chi connectivity index (χ4n) is 2.93. The fraction of sp³-hybridized carbons (Fsp3) is 0.562. The molecule has 2 unspecified atom stereocenters. The summed E-state index contributed by atoms with van der Waals surface area (Å²) in [5.74, 6) is 1.50. The zero-order chi connectivity index (χ0) is 13.0. The second-order valence-corrected chi connectivity index (χ2v) is 6.23. The first-order chi connectivity index (χ1) is 8.70. The van der Waals surface area contributed by atoms with Crippen LogP contribution in [0.3, 0.4) is 0 Å². The number of carbonyl (C=O) groups excluding carboxylic acids is 1. The van der Waals surface area contributed by atoms with E-state index < -0.39 is 0 Å². The Kier molecular flexibility index (Phi) is 4.99. The summed E-state index contributed by atoms with van der Waals surface area (Å²) in [6.45, 7) is 2.24. The highest BCUT2D eigenvalue weighted by molar-refractivity contribution is 9.10. The normalized spacial score (nSPS) is 23.9. The molecule has 0 spiro atoms. The predicted molar refractivity (Wildman–Crippen MR) is 78.6 cm³/mol. The molecule has 98 valence electrons. The van der Waals surface area contributed by atoms with Crippen LogP contribution in [0.15, 0.2) is 28.7 Å². The van der Waals surface area contributed by atoms with Crippen molar-refractivity contribution >= 4 is 21.7 Å². The minimum absolute atomic E-state index is 0.302. The van der Waals surface area contributed by atoms with Crippen molar-refractivity contribution in [2.24, 2.45) is 11.8 Å². The molecule has 2 rings (SSSR count). The van der Waals surface area contributed by atoms with E-state index in [0.717, 1.165) is 28.8 Å². The van der Waals surface area contributed by atoms with E-state index in [4.69, 9.17) is 0 Å². The molecule has 18 heavy (non-hydrogen) atoms. The second-order valence-electron chi connectivity index (χ2n) is 5.37. The average Bonchev–Trinajstić information content (AvgIpc) is 2.41. The standard InChI is InChI=1S/C16H21BrO/c1-2-12-6-5-8-14(10-12)16(18)11-13-7-3-4-9-15(13)17/h3-4,7,9,12,14H,2,5-6,8,10-11H2,1H3. The Labute approximate surface area is 118 Å². The van der Waals surface area contributed by atoms with Gasteiger partial charge in [-0.25, -0.2) is 0 Å². The summed E-state index contributed by atoms with van der Waals surface area (Å²) < 4.78 is 1.06. The van der Waals surface area contributed by atoms with E-state index in [9.17, 15) is 4.79 Å². The SMILES string of the molecule is CCC1CCCC(C(=O)Cc2ccccc2Br)C1. The lowest BCUT2D eigenvalue weighted by atomic mass is 9.77.